The molecule has 0 aliphatic heterocycles. The molecular weight excluding hydrogens is 228 g/mol. The molecule has 0 heterocycles. The van der Waals surface area contributed by atoms with Crippen molar-refractivity contribution in [3.8, 4) is 0 Å². The van der Waals surface area contributed by atoms with Gasteiger partial charge in [-0.1, -0.05) is 20.8 Å². The molecule has 4 heteroatoms. The minimum Gasteiger partial charge on any atom is -0.519 e. The van der Waals surface area contributed by atoms with Crippen molar-refractivity contribution < 1.29 is 9.22 Å². The summed E-state index contributed by atoms with van der Waals surface area (Å²) in [4.78, 5) is 11.6. The quantitative estimate of drug-likeness (QED) is 0.371. The van der Waals surface area contributed by atoms with Gasteiger partial charge in [0.1, 0.15) is 0 Å². The molecule has 0 aromatic rings. The standard InChI is InChI=1S/C11H23ClO2Si/c1-4-15(5-2,6-3)14-11(13)9-7-8-10-12/h4-10H2,1-3H3. The van der Waals surface area contributed by atoms with Crippen molar-refractivity contribution in [3.05, 3.63) is 0 Å². The van der Waals surface area contributed by atoms with E-state index in [0.717, 1.165) is 31.0 Å². The molecule has 0 aliphatic carbocycles. The highest BCUT2D eigenvalue weighted by molar-refractivity contribution is 6.74. The molecule has 0 N–H and O–H groups in total. The van der Waals surface area contributed by atoms with E-state index in [-0.39, 0.29) is 5.97 Å². The van der Waals surface area contributed by atoms with Crippen molar-refractivity contribution in [1.82, 2.24) is 0 Å². The third-order valence-electron chi connectivity index (χ3n) is 3.03. The minimum absolute atomic E-state index is 0.0164. The first-order valence-corrected chi connectivity index (χ1v) is 8.98. The van der Waals surface area contributed by atoms with Crippen LogP contribution in [0.25, 0.3) is 0 Å². The smallest absolute Gasteiger partial charge is 0.292 e. The van der Waals surface area contributed by atoms with Crippen molar-refractivity contribution in [1.29, 1.82) is 0 Å². The van der Waals surface area contributed by atoms with Crippen LogP contribution in [0.5, 0.6) is 0 Å². The molecule has 2 nitrogen and oxygen atoms in total. The van der Waals surface area contributed by atoms with E-state index in [1.807, 2.05) is 0 Å². The van der Waals surface area contributed by atoms with Gasteiger partial charge in [0.25, 0.3) is 14.3 Å². The molecule has 0 aromatic heterocycles. The maximum absolute atomic E-state index is 11.6. The summed E-state index contributed by atoms with van der Waals surface area (Å²) in [6.07, 6.45) is 2.28. The van der Waals surface area contributed by atoms with Crippen LogP contribution in [0, 0.1) is 0 Å². The van der Waals surface area contributed by atoms with Gasteiger partial charge >= 0.3 is 0 Å². The fourth-order valence-electron chi connectivity index (χ4n) is 1.62. The van der Waals surface area contributed by atoms with Gasteiger partial charge in [0, 0.05) is 12.3 Å². The number of carbonyl (C=O) groups excluding carboxylic acids is 1. The first kappa shape index (κ1) is 15.0. The summed E-state index contributed by atoms with van der Waals surface area (Å²) in [5.74, 6) is 0.614. The summed E-state index contributed by atoms with van der Waals surface area (Å²) in [6, 6.07) is 3.09. The molecule has 0 amide bonds. The first-order valence-electron chi connectivity index (χ1n) is 5.92. The second kappa shape index (κ2) is 8.17. The van der Waals surface area contributed by atoms with E-state index < -0.39 is 8.32 Å². The fraction of sp³-hybridized carbons (Fsp3) is 0.909. The molecule has 0 aliphatic rings. The van der Waals surface area contributed by atoms with Gasteiger partial charge in [-0.05, 0) is 31.0 Å². The van der Waals surface area contributed by atoms with Gasteiger partial charge in [-0.2, -0.15) is 0 Å². The van der Waals surface area contributed by atoms with E-state index >= 15 is 0 Å². The molecular formula is C11H23ClO2Si. The normalized spacial score (nSPS) is 11.5. The van der Waals surface area contributed by atoms with Crippen LogP contribution in [0.3, 0.4) is 0 Å². The SMILES string of the molecule is CC[Si](CC)(CC)OC(=O)CCCCCl. The molecule has 0 bridgehead atoms. The summed E-state index contributed by atoms with van der Waals surface area (Å²) < 4.78 is 5.69. The molecule has 0 unspecified atom stereocenters. The molecule has 90 valence electrons. The second-order valence-electron chi connectivity index (χ2n) is 3.86. The Bertz CT molecular complexity index is 173. The van der Waals surface area contributed by atoms with Gasteiger partial charge < -0.3 is 4.43 Å². The maximum Gasteiger partial charge on any atom is 0.292 e. The third kappa shape index (κ3) is 5.57. The summed E-state index contributed by atoms with van der Waals surface area (Å²) in [5, 5.41) is 0. The van der Waals surface area contributed by atoms with Gasteiger partial charge in [0.2, 0.25) is 0 Å². The highest BCUT2D eigenvalue weighted by Crippen LogP contribution is 2.22. The van der Waals surface area contributed by atoms with Crippen LogP contribution < -0.4 is 0 Å². The Morgan fingerprint density at radius 3 is 2.07 bits per heavy atom. The molecule has 0 atom stereocenters. The number of alkyl halides is 1. The van der Waals surface area contributed by atoms with Crippen LogP contribution in [-0.2, 0) is 9.22 Å². The van der Waals surface area contributed by atoms with E-state index in [2.05, 4.69) is 20.8 Å². The van der Waals surface area contributed by atoms with Crippen LogP contribution in [-0.4, -0.2) is 20.2 Å². The lowest BCUT2D eigenvalue weighted by Gasteiger charge is -2.27. The Hall–Kier alpha value is -0.0231. The monoisotopic (exact) mass is 250 g/mol. The topological polar surface area (TPSA) is 26.3 Å². The lowest BCUT2D eigenvalue weighted by molar-refractivity contribution is -0.135. The summed E-state index contributed by atoms with van der Waals surface area (Å²) in [5.41, 5.74) is 0. The van der Waals surface area contributed by atoms with Crippen LogP contribution >= 0.6 is 11.6 Å². The average molecular weight is 251 g/mol. The number of unbranched alkanes of at least 4 members (excludes halogenated alkanes) is 1. The summed E-state index contributed by atoms with van der Waals surface area (Å²) in [7, 11) is -1.72. The number of halogens is 1. The van der Waals surface area contributed by atoms with Gasteiger partial charge in [0.05, 0.1) is 0 Å². The number of hydrogen-bond donors (Lipinski definition) is 0. The maximum atomic E-state index is 11.6. The zero-order valence-corrected chi connectivity index (χ0v) is 11.9. The van der Waals surface area contributed by atoms with Crippen molar-refractivity contribution in [2.24, 2.45) is 0 Å². The molecule has 0 rings (SSSR count). The van der Waals surface area contributed by atoms with E-state index in [1.54, 1.807) is 0 Å². The first-order chi connectivity index (χ1) is 7.14. The lowest BCUT2D eigenvalue weighted by Crippen LogP contribution is -2.38. The molecule has 15 heavy (non-hydrogen) atoms. The highest BCUT2D eigenvalue weighted by Gasteiger charge is 2.32. The number of carbonyl (C=O) groups is 1. The van der Waals surface area contributed by atoms with Crippen molar-refractivity contribution >= 4 is 25.9 Å². The van der Waals surface area contributed by atoms with Crippen molar-refractivity contribution in [2.75, 3.05) is 5.88 Å². The summed E-state index contributed by atoms with van der Waals surface area (Å²) >= 11 is 5.56. The van der Waals surface area contributed by atoms with E-state index in [4.69, 9.17) is 16.0 Å². The van der Waals surface area contributed by atoms with Crippen LogP contribution in [0.2, 0.25) is 18.1 Å². The van der Waals surface area contributed by atoms with E-state index in [1.165, 1.54) is 0 Å². The molecule has 0 saturated heterocycles. The molecule has 0 saturated carbocycles. The highest BCUT2D eigenvalue weighted by atomic mass is 35.5. The molecule has 0 fully saturated rings. The van der Waals surface area contributed by atoms with Gasteiger partial charge in [-0.15, -0.1) is 11.6 Å². The Morgan fingerprint density at radius 2 is 1.67 bits per heavy atom. The largest absolute Gasteiger partial charge is 0.519 e. The molecule has 0 aromatic carbocycles. The number of hydrogen-bond acceptors (Lipinski definition) is 2. The van der Waals surface area contributed by atoms with Crippen LogP contribution in [0.15, 0.2) is 0 Å². The Morgan fingerprint density at radius 1 is 1.13 bits per heavy atom. The third-order valence-corrected chi connectivity index (χ3v) is 7.82. The Kier molecular flexibility index (Phi) is 8.15. The lowest BCUT2D eigenvalue weighted by atomic mass is 10.3. The van der Waals surface area contributed by atoms with Crippen molar-refractivity contribution in [2.45, 2.75) is 58.2 Å². The summed E-state index contributed by atoms with van der Waals surface area (Å²) in [6.45, 7) is 6.39. The molecule has 0 radical (unpaired) electrons. The Labute approximate surface area is 99.5 Å². The van der Waals surface area contributed by atoms with E-state index in [0.29, 0.717) is 12.3 Å². The fourth-order valence-corrected chi connectivity index (χ4v) is 4.33. The van der Waals surface area contributed by atoms with Gasteiger partial charge in [-0.25, -0.2) is 0 Å². The zero-order chi connectivity index (χ0) is 11.7. The van der Waals surface area contributed by atoms with Gasteiger partial charge in [0.15, 0.2) is 0 Å². The van der Waals surface area contributed by atoms with Crippen molar-refractivity contribution in [3.63, 3.8) is 0 Å². The van der Waals surface area contributed by atoms with Crippen LogP contribution in [0.4, 0.5) is 0 Å². The van der Waals surface area contributed by atoms with Gasteiger partial charge in [-0.3, -0.25) is 4.79 Å². The average Bonchev–Trinajstić information content (AvgIpc) is 2.26. The molecule has 0 spiro atoms. The zero-order valence-electron chi connectivity index (χ0n) is 10.1. The van der Waals surface area contributed by atoms with Crippen LogP contribution in [0.1, 0.15) is 40.0 Å². The van der Waals surface area contributed by atoms with E-state index in [9.17, 15) is 4.79 Å². The Balaban J connectivity index is 4.00. The minimum atomic E-state index is -1.72. The second-order valence-corrected chi connectivity index (χ2v) is 8.93. The number of rotatable bonds is 8. The predicted molar refractivity (Wildman–Crippen MR) is 67.9 cm³/mol. The predicted octanol–water partition coefficient (Wildman–Crippen LogP) is 3.94.